The number of hydrogen-bond acceptors (Lipinski definition) is 6. The van der Waals surface area contributed by atoms with Gasteiger partial charge in [-0.3, -0.25) is 18.8 Å². The monoisotopic (exact) mass is 489 g/mol. The third-order valence-corrected chi connectivity index (χ3v) is 7.94. The van der Waals surface area contributed by atoms with Gasteiger partial charge in [0, 0.05) is 28.9 Å². The molecule has 0 aliphatic carbocycles. The van der Waals surface area contributed by atoms with E-state index in [1.165, 1.54) is 22.7 Å². The van der Waals surface area contributed by atoms with Crippen LogP contribution >= 0.6 is 22.7 Å². The van der Waals surface area contributed by atoms with Crippen LogP contribution in [0.3, 0.4) is 0 Å². The van der Waals surface area contributed by atoms with Crippen LogP contribution in [0.1, 0.15) is 34.7 Å². The summed E-state index contributed by atoms with van der Waals surface area (Å²) in [6.07, 6.45) is 3.60. The topological polar surface area (TPSA) is 81.3 Å². The average molecular weight is 490 g/mol. The van der Waals surface area contributed by atoms with Gasteiger partial charge in [-0.25, -0.2) is 4.99 Å². The summed E-state index contributed by atoms with van der Waals surface area (Å²) in [7, 11) is 1.87. The van der Waals surface area contributed by atoms with Gasteiger partial charge >= 0.3 is 0 Å². The fourth-order valence-electron chi connectivity index (χ4n) is 4.03. The molecule has 0 saturated heterocycles. The van der Waals surface area contributed by atoms with Gasteiger partial charge in [0.1, 0.15) is 6.04 Å². The highest BCUT2D eigenvalue weighted by atomic mass is 32.1. The first-order valence-electron chi connectivity index (χ1n) is 10.8. The molecule has 7 nitrogen and oxygen atoms in total. The van der Waals surface area contributed by atoms with Crippen LogP contribution in [0, 0.1) is 13.8 Å². The van der Waals surface area contributed by atoms with Gasteiger partial charge in [0.2, 0.25) is 0 Å². The number of fused-ring (bicyclic) bond motifs is 1. The largest absolute Gasteiger partial charge is 0.322 e. The van der Waals surface area contributed by atoms with Gasteiger partial charge in [0.05, 0.1) is 22.0 Å². The van der Waals surface area contributed by atoms with Gasteiger partial charge in [-0.15, -0.1) is 11.3 Å². The fraction of sp³-hybridized carbons (Fsp3) is 0.200. The molecule has 0 unspecified atom stereocenters. The molecule has 1 N–H and O–H groups in total. The Balaban J connectivity index is 1.66. The number of carbonyl (C=O) groups is 1. The highest BCUT2D eigenvalue weighted by molar-refractivity contribution is 7.10. The normalized spacial score (nSPS) is 15.9. The molecule has 1 aliphatic heterocycles. The molecule has 1 aliphatic rings. The Kier molecular flexibility index (Phi) is 5.66. The van der Waals surface area contributed by atoms with E-state index < -0.39 is 6.04 Å². The van der Waals surface area contributed by atoms with E-state index in [1.54, 1.807) is 15.4 Å². The highest BCUT2D eigenvalue weighted by Gasteiger charge is 2.33. The molecule has 4 aromatic rings. The van der Waals surface area contributed by atoms with Gasteiger partial charge in [-0.2, -0.15) is 5.10 Å². The maximum Gasteiger partial charge on any atom is 0.271 e. The lowest BCUT2D eigenvalue weighted by molar-refractivity contribution is -0.113. The van der Waals surface area contributed by atoms with E-state index in [2.05, 4.69) is 15.4 Å². The zero-order valence-electron chi connectivity index (χ0n) is 19.2. The van der Waals surface area contributed by atoms with E-state index in [1.807, 2.05) is 75.7 Å². The Labute approximate surface area is 204 Å². The minimum Gasteiger partial charge on any atom is -0.322 e. The first kappa shape index (κ1) is 22.2. The molecule has 5 rings (SSSR count). The van der Waals surface area contributed by atoms with Crippen molar-refractivity contribution in [2.24, 2.45) is 12.0 Å². The lowest BCUT2D eigenvalue weighted by Crippen LogP contribution is -2.40. The fourth-order valence-corrected chi connectivity index (χ4v) is 5.89. The number of carbonyl (C=O) groups excluding carboxylic acids is 1. The van der Waals surface area contributed by atoms with Gasteiger partial charge in [0.25, 0.3) is 11.5 Å². The summed E-state index contributed by atoms with van der Waals surface area (Å²) in [6.45, 7) is 5.74. The summed E-state index contributed by atoms with van der Waals surface area (Å²) >= 11 is 2.85. The van der Waals surface area contributed by atoms with E-state index in [-0.39, 0.29) is 11.5 Å². The van der Waals surface area contributed by atoms with E-state index in [0.717, 1.165) is 27.4 Å². The average Bonchev–Trinajstić information content (AvgIpc) is 3.52. The summed E-state index contributed by atoms with van der Waals surface area (Å²) in [4.78, 5) is 33.4. The summed E-state index contributed by atoms with van der Waals surface area (Å²) in [5, 5.41) is 9.25. The van der Waals surface area contributed by atoms with Crippen LogP contribution in [-0.2, 0) is 11.8 Å². The zero-order valence-corrected chi connectivity index (χ0v) is 20.8. The molecule has 1 atom stereocenters. The van der Waals surface area contributed by atoms with Crippen LogP contribution < -0.4 is 20.2 Å². The van der Waals surface area contributed by atoms with Crippen LogP contribution in [-0.4, -0.2) is 20.3 Å². The van der Waals surface area contributed by atoms with Gasteiger partial charge in [-0.05, 0) is 49.9 Å². The standard InChI is InChI=1S/C25H23N5O2S2/c1-14-8-5-6-9-18(14)28-23(31)21-15(2)27-25-30(22(21)19-10-7-11-33-19)24(32)20(34-25)12-17-13-26-29(4)16(17)3/h5-13,22H,1-4H3,(H,28,31)/t22-/m1/s1. The Morgan fingerprint density at radius 1 is 1.15 bits per heavy atom. The summed E-state index contributed by atoms with van der Waals surface area (Å²) in [6, 6.07) is 11.0. The lowest BCUT2D eigenvalue weighted by atomic mass is 10.0. The molecular formula is C25H23N5O2S2. The number of anilines is 1. The van der Waals surface area contributed by atoms with Crippen molar-refractivity contribution in [2.75, 3.05) is 5.32 Å². The molecule has 9 heteroatoms. The number of aromatic nitrogens is 3. The van der Waals surface area contributed by atoms with Crippen LogP contribution in [0.2, 0.25) is 0 Å². The van der Waals surface area contributed by atoms with Crippen LogP contribution in [0.25, 0.3) is 6.08 Å². The lowest BCUT2D eigenvalue weighted by Gasteiger charge is -2.24. The second-order valence-electron chi connectivity index (χ2n) is 8.18. The van der Waals surface area contributed by atoms with Crippen molar-refractivity contribution in [2.45, 2.75) is 26.8 Å². The Bertz CT molecular complexity index is 1620. The number of thiophene rings is 1. The predicted molar refractivity (Wildman–Crippen MR) is 136 cm³/mol. The second kappa shape index (κ2) is 8.66. The minimum absolute atomic E-state index is 0.168. The maximum absolute atomic E-state index is 13.6. The van der Waals surface area contributed by atoms with E-state index in [4.69, 9.17) is 0 Å². The number of hydrogen-bond donors (Lipinski definition) is 1. The van der Waals surface area contributed by atoms with Crippen LogP contribution in [0.15, 0.2) is 69.0 Å². The molecule has 3 aromatic heterocycles. The number of nitrogens with one attached hydrogen (secondary N) is 1. The quantitative estimate of drug-likeness (QED) is 0.478. The molecule has 0 spiro atoms. The van der Waals surface area contributed by atoms with Crippen molar-refractivity contribution in [3.63, 3.8) is 0 Å². The number of aryl methyl sites for hydroxylation is 2. The van der Waals surface area contributed by atoms with Crippen LogP contribution in [0.4, 0.5) is 5.69 Å². The Hall–Kier alpha value is -3.56. The van der Waals surface area contributed by atoms with Crippen molar-refractivity contribution in [3.05, 3.63) is 101 Å². The van der Waals surface area contributed by atoms with Crippen molar-refractivity contribution in [1.82, 2.24) is 14.3 Å². The minimum atomic E-state index is -0.544. The predicted octanol–water partition coefficient (Wildman–Crippen LogP) is 3.29. The molecule has 0 bridgehead atoms. The molecule has 34 heavy (non-hydrogen) atoms. The van der Waals surface area contributed by atoms with Crippen molar-refractivity contribution in [3.8, 4) is 0 Å². The van der Waals surface area contributed by atoms with Gasteiger partial charge in [0.15, 0.2) is 4.80 Å². The SMILES string of the molecule is CC1=C(C(=O)Nc2ccccc2C)[C@@H](c2cccs2)n2c(sc(=Cc3cnn(C)c3C)c2=O)=N1. The molecule has 172 valence electrons. The number of para-hydroxylation sites is 1. The number of thiazole rings is 1. The summed E-state index contributed by atoms with van der Waals surface area (Å²) in [5.41, 5.74) is 4.47. The first-order chi connectivity index (χ1) is 16.3. The molecule has 0 radical (unpaired) electrons. The molecule has 0 saturated carbocycles. The highest BCUT2D eigenvalue weighted by Crippen LogP contribution is 2.33. The molecule has 0 fully saturated rings. The number of allylic oxidation sites excluding steroid dienone is 1. The molecular weight excluding hydrogens is 466 g/mol. The zero-order chi connectivity index (χ0) is 24.0. The van der Waals surface area contributed by atoms with E-state index >= 15 is 0 Å². The molecule has 1 aromatic carbocycles. The number of nitrogens with zero attached hydrogens (tertiary/aromatic N) is 4. The maximum atomic E-state index is 13.6. The van der Waals surface area contributed by atoms with Gasteiger partial charge < -0.3 is 5.32 Å². The third kappa shape index (κ3) is 3.76. The number of rotatable bonds is 4. The Morgan fingerprint density at radius 2 is 1.94 bits per heavy atom. The summed E-state index contributed by atoms with van der Waals surface area (Å²) < 4.78 is 3.98. The second-order valence-corrected chi connectivity index (χ2v) is 10.2. The van der Waals surface area contributed by atoms with E-state index in [9.17, 15) is 9.59 Å². The third-order valence-electron chi connectivity index (χ3n) is 6.03. The smallest absolute Gasteiger partial charge is 0.271 e. The van der Waals surface area contributed by atoms with Crippen molar-refractivity contribution >= 4 is 40.3 Å². The van der Waals surface area contributed by atoms with E-state index in [0.29, 0.717) is 20.6 Å². The van der Waals surface area contributed by atoms with Gasteiger partial charge in [-0.1, -0.05) is 35.6 Å². The first-order valence-corrected chi connectivity index (χ1v) is 12.5. The molecule has 1 amide bonds. The van der Waals surface area contributed by atoms with Crippen molar-refractivity contribution < 1.29 is 4.79 Å². The Morgan fingerprint density at radius 3 is 2.62 bits per heavy atom. The molecule has 4 heterocycles. The van der Waals surface area contributed by atoms with Crippen LogP contribution in [0.5, 0.6) is 0 Å². The van der Waals surface area contributed by atoms with Crippen molar-refractivity contribution in [1.29, 1.82) is 0 Å². The number of benzene rings is 1. The number of amides is 1. The summed E-state index contributed by atoms with van der Waals surface area (Å²) in [5.74, 6) is -0.258.